The molecule has 0 fully saturated rings. The first-order chi connectivity index (χ1) is 7.43. The Kier molecular flexibility index (Phi) is 7.22. The molecule has 0 saturated heterocycles. The van der Waals surface area contributed by atoms with E-state index in [2.05, 4.69) is 14.2 Å². The summed E-state index contributed by atoms with van der Waals surface area (Å²) in [4.78, 5) is 11.1. The Morgan fingerprint density at radius 3 is 2.50 bits per heavy atom. The van der Waals surface area contributed by atoms with Crippen LogP contribution in [0.5, 0.6) is 0 Å². The number of hydrogen-bond donors (Lipinski definition) is 3. The Bertz CT molecular complexity index is 304. The highest BCUT2D eigenvalue weighted by Gasteiger charge is 2.17. The van der Waals surface area contributed by atoms with E-state index in [1.807, 2.05) is 6.92 Å². The lowest BCUT2D eigenvalue weighted by molar-refractivity contribution is -0.144. The molecule has 7 nitrogen and oxygen atoms in total. The minimum absolute atomic E-state index is 0.183. The monoisotopic (exact) mass is 253 g/mol. The van der Waals surface area contributed by atoms with Gasteiger partial charge in [-0.25, -0.2) is 9.44 Å². The number of esters is 1. The van der Waals surface area contributed by atoms with E-state index >= 15 is 0 Å². The normalized spacial score (nSPS) is 13.4. The first kappa shape index (κ1) is 15.3. The van der Waals surface area contributed by atoms with Crippen molar-refractivity contribution in [2.75, 3.05) is 19.7 Å². The van der Waals surface area contributed by atoms with E-state index in [1.54, 1.807) is 6.92 Å². The Labute approximate surface area is 95.9 Å². The molecule has 0 aromatic rings. The number of hydrogen-bond acceptors (Lipinski definition) is 5. The molecule has 0 saturated carbocycles. The van der Waals surface area contributed by atoms with Crippen molar-refractivity contribution in [2.45, 2.75) is 26.3 Å². The third-order valence-corrected chi connectivity index (χ3v) is 2.76. The summed E-state index contributed by atoms with van der Waals surface area (Å²) in [7, 11) is -3.58. The van der Waals surface area contributed by atoms with Gasteiger partial charge in [-0.05, 0) is 13.3 Å². The minimum atomic E-state index is -3.58. The Hall–Kier alpha value is -0.700. The van der Waals surface area contributed by atoms with E-state index in [4.69, 9.17) is 5.73 Å². The summed E-state index contributed by atoms with van der Waals surface area (Å²) in [6.45, 7) is 3.86. The number of rotatable bonds is 8. The third-order valence-electron chi connectivity index (χ3n) is 1.62. The van der Waals surface area contributed by atoms with Crippen LogP contribution in [0, 0.1) is 0 Å². The summed E-state index contributed by atoms with van der Waals surface area (Å²) in [5, 5.41) is 0. The van der Waals surface area contributed by atoms with Crippen molar-refractivity contribution in [2.24, 2.45) is 5.73 Å². The fourth-order valence-corrected chi connectivity index (χ4v) is 1.79. The average molecular weight is 253 g/mol. The van der Waals surface area contributed by atoms with E-state index in [1.165, 1.54) is 0 Å². The summed E-state index contributed by atoms with van der Waals surface area (Å²) in [6.07, 6.45) is 0.685. The van der Waals surface area contributed by atoms with Gasteiger partial charge in [0, 0.05) is 13.1 Å². The van der Waals surface area contributed by atoms with E-state index < -0.39 is 22.2 Å². The van der Waals surface area contributed by atoms with Gasteiger partial charge in [0.25, 0.3) is 10.2 Å². The Morgan fingerprint density at radius 2 is 2.00 bits per heavy atom. The maximum atomic E-state index is 11.2. The Balaban J connectivity index is 3.99. The van der Waals surface area contributed by atoms with Gasteiger partial charge in [0.05, 0.1) is 6.61 Å². The van der Waals surface area contributed by atoms with Gasteiger partial charge >= 0.3 is 5.97 Å². The fraction of sp³-hybridized carbons (Fsp3) is 0.875. The summed E-state index contributed by atoms with van der Waals surface area (Å²) in [6, 6.07) is -0.988. The quantitative estimate of drug-likeness (QED) is 0.466. The highest BCUT2D eigenvalue weighted by molar-refractivity contribution is 7.87. The smallest absolute Gasteiger partial charge is 0.324 e. The predicted molar refractivity (Wildman–Crippen MR) is 59.8 cm³/mol. The first-order valence-electron chi connectivity index (χ1n) is 5.09. The van der Waals surface area contributed by atoms with Crippen LogP contribution in [0.3, 0.4) is 0 Å². The maximum Gasteiger partial charge on any atom is 0.324 e. The number of carbonyl (C=O) groups excluding carboxylic acids is 1. The van der Waals surface area contributed by atoms with Crippen LogP contribution in [0.2, 0.25) is 0 Å². The molecule has 0 radical (unpaired) electrons. The van der Waals surface area contributed by atoms with E-state index in [-0.39, 0.29) is 13.2 Å². The SMILES string of the molecule is CCCNS(=O)(=O)NC[C@H](N)C(=O)OCC. The van der Waals surface area contributed by atoms with Crippen LogP contribution in [0.15, 0.2) is 0 Å². The summed E-state index contributed by atoms with van der Waals surface area (Å²) >= 11 is 0. The molecule has 0 unspecified atom stereocenters. The van der Waals surface area contributed by atoms with Crippen LogP contribution >= 0.6 is 0 Å². The van der Waals surface area contributed by atoms with Crippen LogP contribution in [0.4, 0.5) is 0 Å². The molecule has 0 aromatic carbocycles. The van der Waals surface area contributed by atoms with Gasteiger partial charge in [0.2, 0.25) is 0 Å². The van der Waals surface area contributed by atoms with Crippen LogP contribution in [-0.4, -0.2) is 40.1 Å². The van der Waals surface area contributed by atoms with Crippen molar-refractivity contribution in [1.82, 2.24) is 9.44 Å². The van der Waals surface area contributed by atoms with Crippen molar-refractivity contribution in [3.8, 4) is 0 Å². The molecule has 0 spiro atoms. The van der Waals surface area contributed by atoms with E-state index in [9.17, 15) is 13.2 Å². The zero-order chi connectivity index (χ0) is 12.6. The van der Waals surface area contributed by atoms with Gasteiger partial charge in [-0.15, -0.1) is 0 Å². The van der Waals surface area contributed by atoms with Gasteiger partial charge in [-0.3, -0.25) is 4.79 Å². The molecular formula is C8H19N3O4S. The molecule has 0 amide bonds. The van der Waals surface area contributed by atoms with Crippen LogP contribution < -0.4 is 15.2 Å². The fourth-order valence-electron chi connectivity index (χ4n) is 0.820. The lowest BCUT2D eigenvalue weighted by Gasteiger charge is -2.12. The van der Waals surface area contributed by atoms with Crippen molar-refractivity contribution >= 4 is 16.2 Å². The largest absolute Gasteiger partial charge is 0.465 e. The predicted octanol–water partition coefficient (Wildman–Crippen LogP) is -1.29. The second-order valence-corrected chi connectivity index (χ2v) is 4.69. The molecule has 0 bridgehead atoms. The van der Waals surface area contributed by atoms with Crippen molar-refractivity contribution in [3.63, 3.8) is 0 Å². The van der Waals surface area contributed by atoms with Gasteiger partial charge in [-0.2, -0.15) is 8.42 Å². The van der Waals surface area contributed by atoms with Crippen molar-refractivity contribution in [1.29, 1.82) is 0 Å². The van der Waals surface area contributed by atoms with Crippen LogP contribution in [-0.2, 0) is 19.7 Å². The molecule has 8 heteroatoms. The van der Waals surface area contributed by atoms with E-state index in [0.29, 0.717) is 13.0 Å². The highest BCUT2D eigenvalue weighted by Crippen LogP contribution is 1.86. The maximum absolute atomic E-state index is 11.2. The second kappa shape index (κ2) is 7.55. The van der Waals surface area contributed by atoms with Crippen LogP contribution in [0.25, 0.3) is 0 Å². The molecule has 0 heterocycles. The minimum Gasteiger partial charge on any atom is -0.465 e. The number of nitrogens with one attached hydrogen (secondary N) is 2. The molecule has 0 aliphatic heterocycles. The second-order valence-electron chi connectivity index (χ2n) is 3.10. The number of nitrogens with two attached hydrogens (primary N) is 1. The van der Waals surface area contributed by atoms with Crippen molar-refractivity contribution < 1.29 is 17.9 Å². The van der Waals surface area contributed by atoms with Crippen molar-refractivity contribution in [3.05, 3.63) is 0 Å². The van der Waals surface area contributed by atoms with Gasteiger partial charge in [0.15, 0.2) is 0 Å². The molecule has 1 atom stereocenters. The molecule has 16 heavy (non-hydrogen) atoms. The molecule has 4 N–H and O–H groups in total. The lowest BCUT2D eigenvalue weighted by atomic mass is 10.3. The Morgan fingerprint density at radius 1 is 1.38 bits per heavy atom. The standard InChI is InChI=1S/C8H19N3O4S/c1-3-5-10-16(13,14)11-6-7(9)8(12)15-4-2/h7,10-11H,3-6,9H2,1-2H3/t7-/m0/s1. The topological polar surface area (TPSA) is 111 Å². The summed E-state index contributed by atoms with van der Waals surface area (Å²) in [5.74, 6) is -0.624. The molecule has 0 aliphatic rings. The zero-order valence-corrected chi connectivity index (χ0v) is 10.3. The molecule has 0 aromatic heterocycles. The number of ether oxygens (including phenoxy) is 1. The van der Waals surface area contributed by atoms with E-state index in [0.717, 1.165) is 0 Å². The lowest BCUT2D eigenvalue weighted by Crippen LogP contribution is -2.46. The molecule has 0 rings (SSSR count). The van der Waals surface area contributed by atoms with Gasteiger partial charge in [0.1, 0.15) is 6.04 Å². The van der Waals surface area contributed by atoms with Crippen LogP contribution in [0.1, 0.15) is 20.3 Å². The summed E-state index contributed by atoms with van der Waals surface area (Å²) in [5.41, 5.74) is 5.41. The zero-order valence-electron chi connectivity index (χ0n) is 9.52. The highest BCUT2D eigenvalue weighted by atomic mass is 32.2. The first-order valence-corrected chi connectivity index (χ1v) is 6.57. The molecule has 96 valence electrons. The average Bonchev–Trinajstić information content (AvgIpc) is 2.23. The molecular weight excluding hydrogens is 234 g/mol. The van der Waals surface area contributed by atoms with Gasteiger partial charge in [-0.1, -0.05) is 6.92 Å². The number of carbonyl (C=O) groups is 1. The van der Waals surface area contributed by atoms with Gasteiger partial charge < -0.3 is 10.5 Å². The molecule has 0 aliphatic carbocycles. The summed E-state index contributed by atoms with van der Waals surface area (Å²) < 4.78 is 31.6. The third kappa shape index (κ3) is 6.72.